The zero-order chi connectivity index (χ0) is 14.7. The normalized spacial score (nSPS) is 26.0. The van der Waals surface area contributed by atoms with Gasteiger partial charge in [0, 0.05) is 13.2 Å². The van der Waals surface area contributed by atoms with E-state index >= 15 is 0 Å². The van der Waals surface area contributed by atoms with Gasteiger partial charge in [0.1, 0.15) is 12.2 Å². The third-order valence-electron chi connectivity index (χ3n) is 4.34. The molecule has 2 unspecified atom stereocenters. The Morgan fingerprint density at radius 1 is 1.24 bits per heavy atom. The Bertz CT molecular complexity index is 479. The number of hydrogen-bond donors (Lipinski definition) is 0. The summed E-state index contributed by atoms with van der Waals surface area (Å²) in [6.07, 6.45) is 2.63. The number of amides is 1. The maximum atomic E-state index is 12.4. The minimum absolute atomic E-state index is 0.0185. The molecule has 0 saturated carbocycles. The molecule has 2 heterocycles. The maximum absolute atomic E-state index is 12.4. The Morgan fingerprint density at radius 2 is 2.05 bits per heavy atom. The van der Waals surface area contributed by atoms with Crippen molar-refractivity contribution < 1.29 is 14.3 Å². The van der Waals surface area contributed by atoms with Gasteiger partial charge < -0.3 is 14.4 Å². The van der Waals surface area contributed by atoms with Crippen molar-refractivity contribution in [1.29, 1.82) is 0 Å². The largest absolute Gasteiger partial charge is 0.370 e. The molecule has 1 aromatic rings. The van der Waals surface area contributed by atoms with Gasteiger partial charge in [0.05, 0.1) is 13.2 Å². The summed E-state index contributed by atoms with van der Waals surface area (Å²) in [5.74, 6) is 0.131. The highest BCUT2D eigenvalue weighted by Gasteiger charge is 2.32. The van der Waals surface area contributed by atoms with Crippen LogP contribution in [-0.4, -0.2) is 43.2 Å². The Labute approximate surface area is 126 Å². The van der Waals surface area contributed by atoms with E-state index in [1.165, 1.54) is 5.56 Å². The Balaban J connectivity index is 1.65. The molecule has 2 aliphatic rings. The van der Waals surface area contributed by atoms with E-state index in [-0.39, 0.29) is 18.1 Å². The molecule has 1 aromatic carbocycles. The van der Waals surface area contributed by atoms with Gasteiger partial charge in [-0.3, -0.25) is 4.79 Å². The van der Waals surface area contributed by atoms with E-state index in [1.54, 1.807) is 0 Å². The highest BCUT2D eigenvalue weighted by atomic mass is 16.5. The Kier molecular flexibility index (Phi) is 4.56. The summed E-state index contributed by atoms with van der Waals surface area (Å²) in [5, 5.41) is 0. The summed E-state index contributed by atoms with van der Waals surface area (Å²) >= 11 is 0. The lowest BCUT2D eigenvalue weighted by atomic mass is 10.0. The lowest BCUT2D eigenvalue weighted by Gasteiger charge is -2.34. The number of benzene rings is 1. The molecule has 1 amide bonds. The smallest absolute Gasteiger partial charge is 0.251 e. The number of rotatable bonds is 3. The van der Waals surface area contributed by atoms with E-state index in [0.717, 1.165) is 24.8 Å². The fourth-order valence-electron chi connectivity index (χ4n) is 3.00. The molecule has 3 rings (SSSR count). The van der Waals surface area contributed by atoms with Gasteiger partial charge in [0.2, 0.25) is 0 Å². The Hall–Kier alpha value is -1.39. The first-order chi connectivity index (χ1) is 10.3. The van der Waals surface area contributed by atoms with Gasteiger partial charge in [-0.1, -0.05) is 31.2 Å². The second-order valence-corrected chi connectivity index (χ2v) is 5.74. The van der Waals surface area contributed by atoms with E-state index in [1.807, 2.05) is 4.90 Å². The molecule has 4 nitrogen and oxygen atoms in total. The van der Waals surface area contributed by atoms with E-state index in [2.05, 4.69) is 31.2 Å². The van der Waals surface area contributed by atoms with Crippen molar-refractivity contribution in [2.45, 2.75) is 38.4 Å². The van der Waals surface area contributed by atoms with Gasteiger partial charge in [-0.25, -0.2) is 0 Å². The van der Waals surface area contributed by atoms with Gasteiger partial charge in [-0.15, -0.1) is 0 Å². The highest BCUT2D eigenvalue weighted by molar-refractivity contribution is 5.81. The third kappa shape index (κ3) is 3.27. The number of nitrogens with zero attached hydrogens (tertiary/aromatic N) is 1. The molecule has 2 saturated heterocycles. The van der Waals surface area contributed by atoms with Crippen LogP contribution in [0.3, 0.4) is 0 Å². The van der Waals surface area contributed by atoms with Crippen molar-refractivity contribution in [2.75, 3.05) is 26.3 Å². The van der Waals surface area contributed by atoms with E-state index in [9.17, 15) is 4.79 Å². The van der Waals surface area contributed by atoms with Gasteiger partial charge in [-0.05, 0) is 30.4 Å². The SMILES string of the molecule is CCc1ccc(C2CN(C(=O)C3CCCO3)CCO2)cc1. The summed E-state index contributed by atoms with van der Waals surface area (Å²) in [4.78, 5) is 14.3. The van der Waals surface area contributed by atoms with Crippen LogP contribution in [0.25, 0.3) is 0 Å². The van der Waals surface area contributed by atoms with Gasteiger partial charge in [-0.2, -0.15) is 0 Å². The molecule has 2 fully saturated rings. The van der Waals surface area contributed by atoms with E-state index < -0.39 is 0 Å². The van der Waals surface area contributed by atoms with Crippen molar-refractivity contribution in [3.63, 3.8) is 0 Å². The predicted octanol–water partition coefficient (Wildman–Crippen LogP) is 2.33. The summed E-state index contributed by atoms with van der Waals surface area (Å²) in [7, 11) is 0. The molecule has 0 aliphatic carbocycles. The van der Waals surface area contributed by atoms with E-state index in [0.29, 0.717) is 26.3 Å². The van der Waals surface area contributed by atoms with Gasteiger partial charge in [0.15, 0.2) is 0 Å². The second-order valence-electron chi connectivity index (χ2n) is 5.74. The van der Waals surface area contributed by atoms with Crippen molar-refractivity contribution in [2.24, 2.45) is 0 Å². The molecule has 0 aromatic heterocycles. The first-order valence-corrected chi connectivity index (χ1v) is 7.88. The molecule has 0 radical (unpaired) electrons. The third-order valence-corrected chi connectivity index (χ3v) is 4.34. The van der Waals surface area contributed by atoms with Crippen LogP contribution in [0.2, 0.25) is 0 Å². The summed E-state index contributed by atoms with van der Waals surface area (Å²) in [6, 6.07) is 8.51. The van der Waals surface area contributed by atoms with Crippen LogP contribution in [0.15, 0.2) is 24.3 Å². The molecular formula is C17H23NO3. The lowest BCUT2D eigenvalue weighted by Crippen LogP contribution is -2.46. The number of hydrogen-bond acceptors (Lipinski definition) is 3. The second kappa shape index (κ2) is 6.58. The van der Waals surface area contributed by atoms with Crippen LogP contribution in [0.5, 0.6) is 0 Å². The first kappa shape index (κ1) is 14.5. The molecule has 0 bridgehead atoms. The fraction of sp³-hybridized carbons (Fsp3) is 0.588. The molecular weight excluding hydrogens is 266 g/mol. The standard InChI is InChI=1S/C17H23NO3/c1-2-13-5-7-14(8-6-13)16-12-18(9-11-21-16)17(19)15-4-3-10-20-15/h5-8,15-16H,2-4,9-12H2,1H3. The molecule has 0 N–H and O–H groups in total. The quantitative estimate of drug-likeness (QED) is 0.857. The molecule has 4 heteroatoms. The van der Waals surface area contributed by atoms with Crippen molar-refractivity contribution in [1.82, 2.24) is 4.90 Å². The number of morpholine rings is 1. The minimum Gasteiger partial charge on any atom is -0.370 e. The fourth-order valence-corrected chi connectivity index (χ4v) is 3.00. The average Bonchev–Trinajstić information content (AvgIpc) is 3.09. The molecule has 21 heavy (non-hydrogen) atoms. The maximum Gasteiger partial charge on any atom is 0.251 e. The molecule has 2 aliphatic heterocycles. The minimum atomic E-state index is -0.230. The number of carbonyl (C=O) groups excluding carboxylic acids is 1. The monoisotopic (exact) mass is 289 g/mol. The lowest BCUT2D eigenvalue weighted by molar-refractivity contribution is -0.148. The number of carbonyl (C=O) groups is 1. The van der Waals surface area contributed by atoms with Crippen LogP contribution in [0.4, 0.5) is 0 Å². The predicted molar refractivity (Wildman–Crippen MR) is 80.1 cm³/mol. The Morgan fingerprint density at radius 3 is 2.71 bits per heavy atom. The van der Waals surface area contributed by atoms with Crippen LogP contribution in [-0.2, 0) is 20.7 Å². The van der Waals surface area contributed by atoms with Crippen LogP contribution < -0.4 is 0 Å². The number of aryl methyl sites for hydroxylation is 1. The van der Waals surface area contributed by atoms with E-state index in [4.69, 9.17) is 9.47 Å². The van der Waals surface area contributed by atoms with Crippen LogP contribution in [0, 0.1) is 0 Å². The first-order valence-electron chi connectivity index (χ1n) is 7.88. The number of ether oxygens (including phenoxy) is 2. The topological polar surface area (TPSA) is 38.8 Å². The van der Waals surface area contributed by atoms with Crippen LogP contribution in [0.1, 0.15) is 37.0 Å². The molecule has 2 atom stereocenters. The highest BCUT2D eigenvalue weighted by Crippen LogP contribution is 2.24. The molecule has 114 valence electrons. The average molecular weight is 289 g/mol. The summed E-state index contributed by atoms with van der Waals surface area (Å²) in [6.45, 7) is 4.75. The summed E-state index contributed by atoms with van der Waals surface area (Å²) < 4.78 is 11.4. The van der Waals surface area contributed by atoms with Crippen LogP contribution >= 0.6 is 0 Å². The van der Waals surface area contributed by atoms with Crippen molar-refractivity contribution >= 4 is 5.91 Å². The van der Waals surface area contributed by atoms with Crippen molar-refractivity contribution in [3.05, 3.63) is 35.4 Å². The molecule has 0 spiro atoms. The van der Waals surface area contributed by atoms with Gasteiger partial charge in [0.25, 0.3) is 5.91 Å². The van der Waals surface area contributed by atoms with Crippen molar-refractivity contribution in [3.8, 4) is 0 Å². The zero-order valence-corrected chi connectivity index (χ0v) is 12.6. The zero-order valence-electron chi connectivity index (χ0n) is 12.6. The summed E-state index contributed by atoms with van der Waals surface area (Å²) in [5.41, 5.74) is 2.47. The van der Waals surface area contributed by atoms with Gasteiger partial charge >= 0.3 is 0 Å².